The van der Waals surface area contributed by atoms with E-state index in [-0.39, 0.29) is 18.3 Å². The lowest BCUT2D eigenvalue weighted by Crippen LogP contribution is -2.35. The Morgan fingerprint density at radius 1 is 1.10 bits per heavy atom. The van der Waals surface area contributed by atoms with Crippen molar-refractivity contribution in [3.63, 3.8) is 0 Å². The van der Waals surface area contributed by atoms with Gasteiger partial charge in [0, 0.05) is 31.2 Å². The van der Waals surface area contributed by atoms with E-state index in [4.69, 9.17) is 0 Å². The van der Waals surface area contributed by atoms with E-state index in [1.807, 2.05) is 17.0 Å². The summed E-state index contributed by atoms with van der Waals surface area (Å²) in [4.78, 5) is 14.3. The summed E-state index contributed by atoms with van der Waals surface area (Å²) >= 11 is 0. The summed E-state index contributed by atoms with van der Waals surface area (Å²) in [5, 5.41) is 3.49. The van der Waals surface area contributed by atoms with Crippen LogP contribution >= 0.6 is 12.4 Å². The lowest BCUT2D eigenvalue weighted by molar-refractivity contribution is 0.0724. The third-order valence-corrected chi connectivity index (χ3v) is 4.02. The molecule has 1 saturated carbocycles. The van der Waals surface area contributed by atoms with E-state index in [2.05, 4.69) is 17.4 Å². The summed E-state index contributed by atoms with van der Waals surface area (Å²) in [5.41, 5.74) is 2.10. The number of halogens is 1. The summed E-state index contributed by atoms with van der Waals surface area (Å²) in [6.07, 6.45) is 6.18. The number of hydrogen-bond donors (Lipinski definition) is 1. The van der Waals surface area contributed by atoms with Crippen molar-refractivity contribution < 1.29 is 4.79 Å². The van der Waals surface area contributed by atoms with Crippen molar-refractivity contribution >= 4 is 18.3 Å². The Bertz CT molecular complexity index is 436. The molecule has 20 heavy (non-hydrogen) atoms. The zero-order valence-electron chi connectivity index (χ0n) is 11.8. The molecule has 1 heterocycles. The number of amides is 1. The molecule has 3 nitrogen and oxygen atoms in total. The summed E-state index contributed by atoms with van der Waals surface area (Å²) in [6, 6.07) is 8.83. The maximum absolute atomic E-state index is 12.3. The van der Waals surface area contributed by atoms with Crippen molar-refractivity contribution in [2.24, 2.45) is 0 Å². The average Bonchev–Trinajstić information content (AvgIpc) is 3.30. The fourth-order valence-corrected chi connectivity index (χ4v) is 2.59. The van der Waals surface area contributed by atoms with Gasteiger partial charge in [-0.1, -0.05) is 12.1 Å². The van der Waals surface area contributed by atoms with E-state index in [0.717, 1.165) is 44.1 Å². The Hall–Kier alpha value is -1.06. The van der Waals surface area contributed by atoms with Crippen molar-refractivity contribution in [3.05, 3.63) is 35.4 Å². The first-order chi connectivity index (χ1) is 9.33. The lowest BCUT2D eigenvalue weighted by Gasteiger charge is -2.26. The SMILES string of the molecule is Cl.O=C(c1ccc(CNC2CC2)cc1)N1CCCCC1. The molecule has 0 aromatic heterocycles. The Morgan fingerprint density at radius 3 is 2.35 bits per heavy atom. The molecule has 0 bridgehead atoms. The molecule has 0 unspecified atom stereocenters. The molecule has 0 atom stereocenters. The second-order valence-electron chi connectivity index (χ2n) is 5.70. The summed E-state index contributed by atoms with van der Waals surface area (Å²) in [7, 11) is 0. The molecule has 1 aliphatic heterocycles. The highest BCUT2D eigenvalue weighted by Gasteiger charge is 2.20. The molecule has 2 fully saturated rings. The smallest absolute Gasteiger partial charge is 0.253 e. The first-order valence-electron chi connectivity index (χ1n) is 7.44. The van der Waals surface area contributed by atoms with Crippen LogP contribution in [-0.4, -0.2) is 29.9 Å². The molecule has 1 aromatic rings. The van der Waals surface area contributed by atoms with Crippen LogP contribution in [0.3, 0.4) is 0 Å². The van der Waals surface area contributed by atoms with Crippen LogP contribution in [0.4, 0.5) is 0 Å². The molecule has 110 valence electrons. The average molecular weight is 295 g/mol. The number of benzene rings is 1. The number of carbonyl (C=O) groups is 1. The number of rotatable bonds is 4. The maximum Gasteiger partial charge on any atom is 0.253 e. The Balaban J connectivity index is 0.00000147. The Morgan fingerprint density at radius 2 is 1.75 bits per heavy atom. The molecule has 3 rings (SSSR count). The van der Waals surface area contributed by atoms with Crippen molar-refractivity contribution in [2.75, 3.05) is 13.1 Å². The van der Waals surface area contributed by atoms with Crippen molar-refractivity contribution in [1.82, 2.24) is 10.2 Å². The predicted octanol–water partition coefficient (Wildman–Crippen LogP) is 2.99. The Kier molecular flexibility index (Phi) is 5.44. The van der Waals surface area contributed by atoms with E-state index in [9.17, 15) is 4.79 Å². The highest BCUT2D eigenvalue weighted by molar-refractivity contribution is 5.94. The van der Waals surface area contributed by atoms with Crippen molar-refractivity contribution in [2.45, 2.75) is 44.7 Å². The largest absolute Gasteiger partial charge is 0.339 e. The predicted molar refractivity (Wildman–Crippen MR) is 83.3 cm³/mol. The third kappa shape index (κ3) is 3.97. The van der Waals surface area contributed by atoms with Gasteiger partial charge in [0.25, 0.3) is 5.91 Å². The second-order valence-corrected chi connectivity index (χ2v) is 5.70. The first-order valence-corrected chi connectivity index (χ1v) is 7.44. The molecule has 4 heteroatoms. The number of carbonyl (C=O) groups excluding carboxylic acids is 1. The van der Waals surface area contributed by atoms with Gasteiger partial charge in [-0.15, -0.1) is 12.4 Å². The van der Waals surface area contributed by atoms with Gasteiger partial charge in [-0.2, -0.15) is 0 Å². The quantitative estimate of drug-likeness (QED) is 0.926. The lowest BCUT2D eigenvalue weighted by atomic mass is 10.1. The summed E-state index contributed by atoms with van der Waals surface area (Å²) in [5.74, 6) is 0.196. The van der Waals surface area contributed by atoms with Crippen molar-refractivity contribution in [3.8, 4) is 0 Å². The highest BCUT2D eigenvalue weighted by atomic mass is 35.5. The standard InChI is InChI=1S/C16H22N2O.ClH/c19-16(18-10-2-1-3-11-18)14-6-4-13(5-7-14)12-17-15-8-9-15;/h4-7,15,17H,1-3,8-12H2;1H. The van der Waals surface area contributed by atoms with Crippen LogP contribution in [0.1, 0.15) is 48.0 Å². The molecule has 1 aliphatic carbocycles. The van der Waals surface area contributed by atoms with Gasteiger partial charge < -0.3 is 10.2 Å². The van der Waals surface area contributed by atoms with Crippen LogP contribution in [0.2, 0.25) is 0 Å². The topological polar surface area (TPSA) is 32.3 Å². The molecule has 1 N–H and O–H groups in total. The van der Waals surface area contributed by atoms with E-state index in [1.54, 1.807) is 0 Å². The number of piperidine rings is 1. The normalized spacial score (nSPS) is 18.5. The fraction of sp³-hybridized carbons (Fsp3) is 0.562. The van der Waals surface area contributed by atoms with Crippen LogP contribution in [0.25, 0.3) is 0 Å². The molecular weight excluding hydrogens is 272 g/mol. The number of nitrogens with zero attached hydrogens (tertiary/aromatic N) is 1. The van der Waals surface area contributed by atoms with Crippen molar-refractivity contribution in [1.29, 1.82) is 0 Å². The van der Waals surface area contributed by atoms with E-state index in [0.29, 0.717) is 0 Å². The van der Waals surface area contributed by atoms with Gasteiger partial charge >= 0.3 is 0 Å². The van der Waals surface area contributed by atoms with Crippen LogP contribution < -0.4 is 5.32 Å². The van der Waals surface area contributed by atoms with E-state index >= 15 is 0 Å². The van der Waals surface area contributed by atoms with Crippen LogP contribution in [-0.2, 0) is 6.54 Å². The summed E-state index contributed by atoms with van der Waals surface area (Å²) < 4.78 is 0. The number of nitrogens with one attached hydrogen (secondary N) is 1. The van der Waals surface area contributed by atoms with E-state index in [1.165, 1.54) is 24.8 Å². The van der Waals surface area contributed by atoms with Gasteiger partial charge in [0.15, 0.2) is 0 Å². The summed E-state index contributed by atoms with van der Waals surface area (Å²) in [6.45, 7) is 2.76. The fourth-order valence-electron chi connectivity index (χ4n) is 2.59. The van der Waals surface area contributed by atoms with Gasteiger partial charge in [-0.3, -0.25) is 4.79 Å². The molecule has 0 radical (unpaired) electrons. The maximum atomic E-state index is 12.3. The first kappa shape index (κ1) is 15.3. The Labute approximate surface area is 127 Å². The van der Waals surface area contributed by atoms with Crippen LogP contribution in [0.15, 0.2) is 24.3 Å². The zero-order chi connectivity index (χ0) is 13.1. The molecule has 1 amide bonds. The zero-order valence-corrected chi connectivity index (χ0v) is 12.6. The molecule has 1 aromatic carbocycles. The van der Waals surface area contributed by atoms with Crippen LogP contribution in [0, 0.1) is 0 Å². The molecule has 2 aliphatic rings. The monoisotopic (exact) mass is 294 g/mol. The van der Waals surface area contributed by atoms with Gasteiger partial charge in [-0.05, 0) is 49.8 Å². The minimum Gasteiger partial charge on any atom is -0.339 e. The highest BCUT2D eigenvalue weighted by Crippen LogP contribution is 2.19. The van der Waals surface area contributed by atoms with Gasteiger partial charge in [0.2, 0.25) is 0 Å². The minimum atomic E-state index is 0. The van der Waals surface area contributed by atoms with Gasteiger partial charge in [0.05, 0.1) is 0 Å². The number of likely N-dealkylation sites (tertiary alicyclic amines) is 1. The molecule has 1 saturated heterocycles. The minimum absolute atomic E-state index is 0. The van der Waals surface area contributed by atoms with Gasteiger partial charge in [0.1, 0.15) is 0 Å². The van der Waals surface area contributed by atoms with Gasteiger partial charge in [-0.25, -0.2) is 0 Å². The molecule has 0 spiro atoms. The second kappa shape index (κ2) is 7.09. The molecular formula is C16H23ClN2O. The third-order valence-electron chi connectivity index (χ3n) is 4.02. The number of hydrogen-bond acceptors (Lipinski definition) is 2. The van der Waals surface area contributed by atoms with Crippen LogP contribution in [0.5, 0.6) is 0 Å². The van der Waals surface area contributed by atoms with E-state index < -0.39 is 0 Å².